The molecule has 0 saturated carbocycles. The molecule has 4 heteroatoms. The molecule has 4 nitrogen and oxygen atoms in total. The lowest BCUT2D eigenvalue weighted by Gasteiger charge is -2.02. The maximum absolute atomic E-state index is 5.40. The molecule has 13 heavy (non-hydrogen) atoms. The van der Waals surface area contributed by atoms with E-state index in [9.17, 15) is 0 Å². The summed E-state index contributed by atoms with van der Waals surface area (Å²) < 4.78 is 0. The molecule has 1 heterocycles. The molecule has 0 unspecified atom stereocenters. The second-order valence-corrected chi connectivity index (χ2v) is 2.53. The van der Waals surface area contributed by atoms with Crippen molar-refractivity contribution in [1.82, 2.24) is 4.98 Å². The highest BCUT2D eigenvalue weighted by Crippen LogP contribution is 2.01. The number of rotatable bonds is 5. The molecule has 0 aliphatic carbocycles. The van der Waals surface area contributed by atoms with Crippen LogP contribution < -0.4 is 5.73 Å². The molecule has 0 aliphatic rings. The average molecular weight is 182 g/mol. The molecule has 0 fully saturated rings. The number of nitrogens with zero attached hydrogens (tertiary/aromatic N) is 1. The Labute approximate surface area is 77.6 Å². The quantitative estimate of drug-likeness (QED) is 0.419. The van der Waals surface area contributed by atoms with Gasteiger partial charge in [0.05, 0.1) is 12.3 Å². The maximum Gasteiger partial charge on any atom is 0.109 e. The number of pyridine rings is 1. The van der Waals surface area contributed by atoms with Gasteiger partial charge in [-0.3, -0.25) is 4.98 Å². The summed E-state index contributed by atoms with van der Waals surface area (Å²) in [4.78, 5) is 13.7. The van der Waals surface area contributed by atoms with Crippen LogP contribution in [-0.2, 0) is 22.9 Å². The molecular weight excluding hydrogens is 168 g/mol. The summed E-state index contributed by atoms with van der Waals surface area (Å²) in [5.74, 6) is 0. The zero-order valence-electron chi connectivity index (χ0n) is 7.69. The van der Waals surface area contributed by atoms with Crippen molar-refractivity contribution in [1.29, 1.82) is 0 Å². The first-order valence-corrected chi connectivity index (χ1v) is 4.25. The summed E-state index contributed by atoms with van der Waals surface area (Å²) >= 11 is 0. The lowest BCUT2D eigenvalue weighted by atomic mass is 10.2. The molecule has 0 aliphatic heterocycles. The summed E-state index contributed by atoms with van der Waals surface area (Å²) in [6, 6.07) is 3.80. The van der Waals surface area contributed by atoms with E-state index in [0.29, 0.717) is 19.8 Å². The third-order valence-corrected chi connectivity index (χ3v) is 1.52. The van der Waals surface area contributed by atoms with Crippen LogP contribution in [0.1, 0.15) is 18.2 Å². The molecule has 1 aromatic rings. The van der Waals surface area contributed by atoms with E-state index in [0.717, 1.165) is 11.3 Å². The molecule has 0 aromatic carbocycles. The molecule has 1 rings (SSSR count). The number of hydrogen-bond acceptors (Lipinski definition) is 4. The second kappa shape index (κ2) is 5.64. The van der Waals surface area contributed by atoms with Gasteiger partial charge in [-0.05, 0) is 18.6 Å². The van der Waals surface area contributed by atoms with Crippen molar-refractivity contribution < 1.29 is 9.78 Å². The fourth-order valence-electron chi connectivity index (χ4n) is 0.854. The Morgan fingerprint density at radius 1 is 1.38 bits per heavy atom. The fraction of sp³-hybridized carbons (Fsp3) is 0.444. The minimum atomic E-state index is 0.422. The first-order valence-electron chi connectivity index (χ1n) is 4.25. The highest BCUT2D eigenvalue weighted by molar-refractivity contribution is 5.12. The van der Waals surface area contributed by atoms with E-state index in [1.54, 1.807) is 6.20 Å². The van der Waals surface area contributed by atoms with Crippen LogP contribution in [0.3, 0.4) is 0 Å². The second-order valence-electron chi connectivity index (χ2n) is 2.53. The molecule has 2 N–H and O–H groups in total. The van der Waals surface area contributed by atoms with Crippen LogP contribution >= 0.6 is 0 Å². The Hall–Kier alpha value is -0.970. The molecule has 0 bridgehead atoms. The van der Waals surface area contributed by atoms with Crippen molar-refractivity contribution in [2.24, 2.45) is 5.73 Å². The van der Waals surface area contributed by atoms with Gasteiger partial charge in [-0.25, -0.2) is 9.78 Å². The minimum Gasteiger partial charge on any atom is -0.325 e. The summed E-state index contributed by atoms with van der Waals surface area (Å²) in [5.41, 5.74) is 7.26. The van der Waals surface area contributed by atoms with Crippen LogP contribution in [0, 0.1) is 0 Å². The number of aromatic nitrogens is 1. The van der Waals surface area contributed by atoms with E-state index in [4.69, 9.17) is 15.5 Å². The SMILES string of the molecule is CCOOCc1ccc(CN)nc1. The van der Waals surface area contributed by atoms with E-state index in [1.807, 2.05) is 19.1 Å². The zero-order valence-corrected chi connectivity index (χ0v) is 7.69. The molecule has 0 amide bonds. The smallest absolute Gasteiger partial charge is 0.109 e. The molecule has 0 radical (unpaired) electrons. The number of hydrogen-bond donors (Lipinski definition) is 1. The lowest BCUT2D eigenvalue weighted by molar-refractivity contribution is -0.300. The fourth-order valence-corrected chi connectivity index (χ4v) is 0.854. The highest BCUT2D eigenvalue weighted by atomic mass is 17.2. The van der Waals surface area contributed by atoms with Gasteiger partial charge < -0.3 is 5.73 Å². The Morgan fingerprint density at radius 2 is 2.23 bits per heavy atom. The van der Waals surface area contributed by atoms with Crippen molar-refractivity contribution >= 4 is 0 Å². The van der Waals surface area contributed by atoms with E-state index in [2.05, 4.69) is 4.98 Å². The van der Waals surface area contributed by atoms with Crippen LogP contribution in [0.5, 0.6) is 0 Å². The third-order valence-electron chi connectivity index (χ3n) is 1.52. The van der Waals surface area contributed by atoms with Gasteiger partial charge in [0.25, 0.3) is 0 Å². The predicted molar refractivity (Wildman–Crippen MR) is 48.5 cm³/mol. The topological polar surface area (TPSA) is 57.4 Å². The van der Waals surface area contributed by atoms with Gasteiger partial charge in [0, 0.05) is 12.7 Å². The van der Waals surface area contributed by atoms with Crippen molar-refractivity contribution in [2.75, 3.05) is 6.61 Å². The molecule has 0 saturated heterocycles. The standard InChI is InChI=1S/C9H14N2O2/c1-2-12-13-7-8-3-4-9(5-10)11-6-8/h3-4,6H,2,5,7,10H2,1H3. The highest BCUT2D eigenvalue weighted by Gasteiger charge is 1.94. The largest absolute Gasteiger partial charge is 0.325 e. The third kappa shape index (κ3) is 3.50. The van der Waals surface area contributed by atoms with Gasteiger partial charge in [-0.1, -0.05) is 6.07 Å². The summed E-state index contributed by atoms with van der Waals surface area (Å²) in [5, 5.41) is 0. The lowest BCUT2D eigenvalue weighted by Crippen LogP contribution is -2.00. The van der Waals surface area contributed by atoms with Crippen LogP contribution in [-0.4, -0.2) is 11.6 Å². The Bertz CT molecular complexity index is 236. The molecule has 0 spiro atoms. The van der Waals surface area contributed by atoms with Gasteiger partial charge in [-0.15, -0.1) is 0 Å². The van der Waals surface area contributed by atoms with E-state index >= 15 is 0 Å². The van der Waals surface area contributed by atoms with Gasteiger partial charge >= 0.3 is 0 Å². The Morgan fingerprint density at radius 3 is 2.77 bits per heavy atom. The van der Waals surface area contributed by atoms with Gasteiger partial charge in [0.15, 0.2) is 0 Å². The first kappa shape index (κ1) is 10.1. The van der Waals surface area contributed by atoms with Crippen LogP contribution in [0.15, 0.2) is 18.3 Å². The molecule has 72 valence electrons. The maximum atomic E-state index is 5.40. The monoisotopic (exact) mass is 182 g/mol. The summed E-state index contributed by atoms with van der Waals surface area (Å²) in [7, 11) is 0. The zero-order chi connectivity index (χ0) is 9.52. The van der Waals surface area contributed by atoms with E-state index in [-0.39, 0.29) is 0 Å². The number of nitrogens with two attached hydrogens (primary N) is 1. The van der Waals surface area contributed by atoms with E-state index < -0.39 is 0 Å². The molecular formula is C9H14N2O2. The normalized spacial score (nSPS) is 10.3. The van der Waals surface area contributed by atoms with Crippen LogP contribution in [0.2, 0.25) is 0 Å². The van der Waals surface area contributed by atoms with Gasteiger partial charge in [-0.2, -0.15) is 0 Å². The van der Waals surface area contributed by atoms with Crippen LogP contribution in [0.25, 0.3) is 0 Å². The predicted octanol–water partition coefficient (Wildman–Crippen LogP) is 1.01. The van der Waals surface area contributed by atoms with Gasteiger partial charge in [0.1, 0.15) is 6.61 Å². The first-order chi connectivity index (χ1) is 6.36. The summed E-state index contributed by atoms with van der Waals surface area (Å²) in [6.45, 7) is 3.31. The Balaban J connectivity index is 2.40. The van der Waals surface area contributed by atoms with Gasteiger partial charge in [0.2, 0.25) is 0 Å². The molecule has 0 atom stereocenters. The molecule has 1 aromatic heterocycles. The average Bonchev–Trinajstić information content (AvgIpc) is 2.19. The van der Waals surface area contributed by atoms with E-state index in [1.165, 1.54) is 0 Å². The van der Waals surface area contributed by atoms with Crippen molar-refractivity contribution in [3.63, 3.8) is 0 Å². The Kier molecular flexibility index (Phi) is 4.39. The summed E-state index contributed by atoms with van der Waals surface area (Å²) in [6.07, 6.45) is 1.74. The van der Waals surface area contributed by atoms with Crippen LogP contribution in [0.4, 0.5) is 0 Å². The van der Waals surface area contributed by atoms with Crippen molar-refractivity contribution in [3.8, 4) is 0 Å². The van der Waals surface area contributed by atoms with Crippen molar-refractivity contribution in [3.05, 3.63) is 29.6 Å². The van der Waals surface area contributed by atoms with Crippen molar-refractivity contribution in [2.45, 2.75) is 20.1 Å². The minimum absolute atomic E-state index is 0.422.